The Morgan fingerprint density at radius 1 is 1.24 bits per heavy atom. The quantitative estimate of drug-likeness (QED) is 0.736. The third-order valence-corrected chi connectivity index (χ3v) is 2.96. The van der Waals surface area contributed by atoms with Gasteiger partial charge in [-0.05, 0) is 39.3 Å². The van der Waals surface area contributed by atoms with Crippen molar-refractivity contribution in [3.63, 3.8) is 0 Å². The number of hydrogen-bond acceptors (Lipinski definition) is 2. The van der Waals surface area contributed by atoms with Gasteiger partial charge in [0.2, 0.25) is 5.91 Å². The molecule has 0 saturated heterocycles. The van der Waals surface area contributed by atoms with Crippen LogP contribution in [-0.4, -0.2) is 25.0 Å². The van der Waals surface area contributed by atoms with Crippen LogP contribution in [0.1, 0.15) is 25.8 Å². The first-order valence-corrected chi connectivity index (χ1v) is 6.07. The van der Waals surface area contributed by atoms with Crippen LogP contribution in [0.15, 0.2) is 30.3 Å². The van der Waals surface area contributed by atoms with Crippen molar-refractivity contribution in [3.05, 3.63) is 35.9 Å². The first-order chi connectivity index (χ1) is 8.06. The first-order valence-electron chi connectivity index (χ1n) is 6.07. The highest BCUT2D eigenvalue weighted by Crippen LogP contribution is 2.03. The van der Waals surface area contributed by atoms with Crippen molar-refractivity contribution < 1.29 is 4.79 Å². The summed E-state index contributed by atoms with van der Waals surface area (Å²) in [4.78, 5) is 11.7. The number of rotatable bonds is 6. The standard InChI is InChI=1S/C14H22N2O/c1-14(2,15-3)13(17)16-11-7-10-12-8-5-4-6-9-12/h4-6,8-9,15H,7,10-11H2,1-3H3,(H,16,17). The summed E-state index contributed by atoms with van der Waals surface area (Å²) in [5.41, 5.74) is 0.821. The second-order valence-corrected chi connectivity index (χ2v) is 4.72. The van der Waals surface area contributed by atoms with Crippen molar-refractivity contribution >= 4 is 5.91 Å². The third-order valence-electron chi connectivity index (χ3n) is 2.96. The molecular formula is C14H22N2O. The van der Waals surface area contributed by atoms with Crippen LogP contribution in [0, 0.1) is 0 Å². The summed E-state index contributed by atoms with van der Waals surface area (Å²) in [5.74, 6) is 0.0491. The van der Waals surface area contributed by atoms with Gasteiger partial charge in [-0.3, -0.25) is 4.79 Å². The molecular weight excluding hydrogens is 212 g/mol. The topological polar surface area (TPSA) is 41.1 Å². The molecule has 2 N–H and O–H groups in total. The minimum atomic E-state index is -0.493. The van der Waals surface area contributed by atoms with Gasteiger partial charge in [0.15, 0.2) is 0 Å². The highest BCUT2D eigenvalue weighted by Gasteiger charge is 2.24. The number of amides is 1. The number of likely N-dealkylation sites (N-methyl/N-ethyl adjacent to an activating group) is 1. The van der Waals surface area contributed by atoms with Crippen LogP contribution in [0.4, 0.5) is 0 Å². The molecule has 0 unspecified atom stereocenters. The fourth-order valence-electron chi connectivity index (χ4n) is 1.47. The fourth-order valence-corrected chi connectivity index (χ4v) is 1.47. The van der Waals surface area contributed by atoms with Gasteiger partial charge in [0.05, 0.1) is 5.54 Å². The molecule has 0 aliphatic rings. The van der Waals surface area contributed by atoms with E-state index in [2.05, 4.69) is 22.8 Å². The lowest BCUT2D eigenvalue weighted by Gasteiger charge is -2.22. The number of benzene rings is 1. The minimum absolute atomic E-state index is 0.0491. The summed E-state index contributed by atoms with van der Waals surface area (Å²) in [6.45, 7) is 4.47. The molecule has 1 amide bonds. The molecule has 0 heterocycles. The summed E-state index contributed by atoms with van der Waals surface area (Å²) < 4.78 is 0. The van der Waals surface area contributed by atoms with E-state index in [1.165, 1.54) is 5.56 Å². The van der Waals surface area contributed by atoms with Crippen molar-refractivity contribution in [2.75, 3.05) is 13.6 Å². The van der Waals surface area contributed by atoms with Crippen molar-refractivity contribution in [2.24, 2.45) is 0 Å². The predicted octanol–water partition coefficient (Wildman–Crippen LogP) is 1.73. The SMILES string of the molecule is CNC(C)(C)C(=O)NCCCc1ccccc1. The largest absolute Gasteiger partial charge is 0.355 e. The molecule has 0 aromatic heterocycles. The Hall–Kier alpha value is -1.35. The molecule has 0 atom stereocenters. The fraction of sp³-hybridized carbons (Fsp3) is 0.500. The van der Waals surface area contributed by atoms with E-state index in [-0.39, 0.29) is 5.91 Å². The summed E-state index contributed by atoms with van der Waals surface area (Å²) in [6.07, 6.45) is 1.97. The maximum absolute atomic E-state index is 11.7. The Kier molecular flexibility index (Phi) is 5.16. The lowest BCUT2D eigenvalue weighted by Crippen LogP contribution is -2.51. The molecule has 0 saturated carbocycles. The molecule has 0 aliphatic heterocycles. The molecule has 0 bridgehead atoms. The van der Waals surface area contributed by atoms with Crippen LogP contribution in [0.5, 0.6) is 0 Å². The molecule has 1 aromatic rings. The molecule has 0 spiro atoms. The monoisotopic (exact) mass is 234 g/mol. The van der Waals surface area contributed by atoms with Crippen molar-refractivity contribution in [3.8, 4) is 0 Å². The predicted molar refractivity (Wildman–Crippen MR) is 70.9 cm³/mol. The molecule has 94 valence electrons. The van der Waals surface area contributed by atoms with Gasteiger partial charge in [0.1, 0.15) is 0 Å². The molecule has 1 aromatic carbocycles. The molecule has 0 radical (unpaired) electrons. The molecule has 0 aliphatic carbocycles. The van der Waals surface area contributed by atoms with Gasteiger partial charge < -0.3 is 10.6 Å². The second-order valence-electron chi connectivity index (χ2n) is 4.72. The van der Waals surface area contributed by atoms with E-state index in [1.54, 1.807) is 7.05 Å². The molecule has 17 heavy (non-hydrogen) atoms. The van der Waals surface area contributed by atoms with Crippen molar-refractivity contribution in [1.29, 1.82) is 0 Å². The Bertz CT molecular complexity index is 346. The zero-order chi connectivity index (χ0) is 12.7. The normalized spacial score (nSPS) is 11.2. The van der Waals surface area contributed by atoms with Gasteiger partial charge in [-0.1, -0.05) is 30.3 Å². The van der Waals surface area contributed by atoms with E-state index >= 15 is 0 Å². The smallest absolute Gasteiger partial charge is 0.239 e. The van der Waals surface area contributed by atoms with E-state index in [4.69, 9.17) is 0 Å². The first kappa shape index (κ1) is 13.7. The highest BCUT2D eigenvalue weighted by atomic mass is 16.2. The van der Waals surface area contributed by atoms with Gasteiger partial charge >= 0.3 is 0 Å². The maximum atomic E-state index is 11.7. The van der Waals surface area contributed by atoms with Crippen LogP contribution >= 0.6 is 0 Å². The summed E-state index contributed by atoms with van der Waals surface area (Å²) in [5, 5.41) is 5.93. The number of carbonyl (C=O) groups is 1. The van der Waals surface area contributed by atoms with Gasteiger partial charge in [-0.15, -0.1) is 0 Å². The Balaban J connectivity index is 2.23. The van der Waals surface area contributed by atoms with E-state index in [9.17, 15) is 4.79 Å². The van der Waals surface area contributed by atoms with E-state index in [0.717, 1.165) is 19.4 Å². The van der Waals surface area contributed by atoms with Crippen LogP contribution in [0.3, 0.4) is 0 Å². The highest BCUT2D eigenvalue weighted by molar-refractivity contribution is 5.85. The second kappa shape index (κ2) is 6.40. The van der Waals surface area contributed by atoms with Crippen molar-refractivity contribution in [2.45, 2.75) is 32.2 Å². The summed E-state index contributed by atoms with van der Waals surface area (Å²) >= 11 is 0. The number of nitrogens with one attached hydrogen (secondary N) is 2. The Morgan fingerprint density at radius 2 is 1.88 bits per heavy atom. The average Bonchev–Trinajstić information content (AvgIpc) is 2.35. The summed E-state index contributed by atoms with van der Waals surface area (Å²) in [6, 6.07) is 10.3. The van der Waals surface area contributed by atoms with Gasteiger partial charge in [-0.25, -0.2) is 0 Å². The number of hydrogen-bond donors (Lipinski definition) is 2. The van der Waals surface area contributed by atoms with Gasteiger partial charge in [0.25, 0.3) is 0 Å². The van der Waals surface area contributed by atoms with Gasteiger partial charge in [0, 0.05) is 6.54 Å². The molecule has 0 fully saturated rings. The number of aryl methyl sites for hydroxylation is 1. The Labute approximate surface area is 104 Å². The molecule has 1 rings (SSSR count). The Morgan fingerprint density at radius 3 is 2.47 bits per heavy atom. The van der Waals surface area contributed by atoms with E-state index in [1.807, 2.05) is 32.0 Å². The van der Waals surface area contributed by atoms with Crippen LogP contribution < -0.4 is 10.6 Å². The number of carbonyl (C=O) groups excluding carboxylic acids is 1. The molecule has 3 nitrogen and oxygen atoms in total. The van der Waals surface area contributed by atoms with Crippen molar-refractivity contribution in [1.82, 2.24) is 10.6 Å². The van der Waals surface area contributed by atoms with E-state index in [0.29, 0.717) is 0 Å². The lowest BCUT2D eigenvalue weighted by atomic mass is 10.0. The summed E-state index contributed by atoms with van der Waals surface area (Å²) in [7, 11) is 1.80. The molecule has 3 heteroatoms. The third kappa shape index (κ3) is 4.57. The lowest BCUT2D eigenvalue weighted by molar-refractivity contribution is -0.126. The van der Waals surface area contributed by atoms with Crippen LogP contribution in [0.2, 0.25) is 0 Å². The minimum Gasteiger partial charge on any atom is -0.355 e. The van der Waals surface area contributed by atoms with Crippen LogP contribution in [-0.2, 0) is 11.2 Å². The van der Waals surface area contributed by atoms with Gasteiger partial charge in [-0.2, -0.15) is 0 Å². The zero-order valence-corrected chi connectivity index (χ0v) is 10.9. The maximum Gasteiger partial charge on any atom is 0.239 e. The zero-order valence-electron chi connectivity index (χ0n) is 10.9. The van der Waals surface area contributed by atoms with Crippen LogP contribution in [0.25, 0.3) is 0 Å². The van der Waals surface area contributed by atoms with E-state index < -0.39 is 5.54 Å². The average molecular weight is 234 g/mol.